The van der Waals surface area contributed by atoms with Crippen molar-refractivity contribution in [3.05, 3.63) is 47.8 Å². The van der Waals surface area contributed by atoms with Crippen molar-refractivity contribution in [1.29, 1.82) is 0 Å². The van der Waals surface area contributed by atoms with Crippen LogP contribution >= 0.6 is 0 Å². The van der Waals surface area contributed by atoms with Gasteiger partial charge in [-0.15, -0.1) is 0 Å². The number of rotatable bonds is 3. The number of nitrogens with zero attached hydrogens (tertiary/aromatic N) is 3. The van der Waals surface area contributed by atoms with Gasteiger partial charge in [-0.05, 0) is 31.0 Å². The maximum Gasteiger partial charge on any atom is 0.274 e. The van der Waals surface area contributed by atoms with Crippen LogP contribution in [0.15, 0.2) is 36.4 Å². The Morgan fingerprint density at radius 3 is 2.55 bits per heavy atom. The third-order valence-corrected chi connectivity index (χ3v) is 4.25. The summed E-state index contributed by atoms with van der Waals surface area (Å²) in [4.78, 5) is 14.5. The van der Waals surface area contributed by atoms with E-state index in [2.05, 4.69) is 5.10 Å². The second-order valence-electron chi connectivity index (χ2n) is 5.88. The lowest BCUT2D eigenvalue weighted by molar-refractivity contribution is 0.0298. The zero-order chi connectivity index (χ0) is 14.9. The average Bonchev–Trinajstić information content (AvgIpc) is 3.34. The molecule has 0 bridgehead atoms. The molecule has 2 aliphatic rings. The van der Waals surface area contributed by atoms with Gasteiger partial charge in [0.05, 0.1) is 18.9 Å². The summed E-state index contributed by atoms with van der Waals surface area (Å²) in [7, 11) is 0. The van der Waals surface area contributed by atoms with Crippen LogP contribution in [0.25, 0.3) is 5.69 Å². The summed E-state index contributed by atoms with van der Waals surface area (Å²) < 4.78 is 7.25. The first-order valence-corrected chi connectivity index (χ1v) is 7.85. The Kier molecular flexibility index (Phi) is 3.42. The fraction of sp³-hybridized carbons (Fsp3) is 0.412. The van der Waals surface area contributed by atoms with E-state index in [-0.39, 0.29) is 5.91 Å². The van der Waals surface area contributed by atoms with Crippen molar-refractivity contribution >= 4 is 5.91 Å². The van der Waals surface area contributed by atoms with Crippen molar-refractivity contribution < 1.29 is 9.53 Å². The van der Waals surface area contributed by atoms with Crippen LogP contribution in [0.1, 0.15) is 34.9 Å². The molecule has 5 nitrogen and oxygen atoms in total. The molecular weight excluding hydrogens is 278 g/mol. The summed E-state index contributed by atoms with van der Waals surface area (Å²) in [6, 6.07) is 12.0. The zero-order valence-corrected chi connectivity index (χ0v) is 12.4. The van der Waals surface area contributed by atoms with Crippen LogP contribution < -0.4 is 0 Å². The lowest BCUT2D eigenvalue weighted by Crippen LogP contribution is -2.40. The minimum Gasteiger partial charge on any atom is -0.378 e. The Morgan fingerprint density at radius 2 is 1.86 bits per heavy atom. The van der Waals surface area contributed by atoms with Crippen molar-refractivity contribution in [2.24, 2.45) is 0 Å². The van der Waals surface area contributed by atoms with Gasteiger partial charge in [-0.1, -0.05) is 18.2 Å². The summed E-state index contributed by atoms with van der Waals surface area (Å²) in [6.07, 6.45) is 2.37. The van der Waals surface area contributed by atoms with Gasteiger partial charge in [-0.3, -0.25) is 4.79 Å². The Bertz CT molecular complexity index is 670. The van der Waals surface area contributed by atoms with E-state index in [0.29, 0.717) is 37.9 Å². The number of amides is 1. The molecule has 2 aromatic rings. The Labute approximate surface area is 129 Å². The van der Waals surface area contributed by atoms with E-state index >= 15 is 0 Å². The lowest BCUT2D eigenvalue weighted by Gasteiger charge is -2.25. The third kappa shape index (κ3) is 2.52. The molecule has 1 aromatic carbocycles. The molecule has 22 heavy (non-hydrogen) atoms. The van der Waals surface area contributed by atoms with Crippen molar-refractivity contribution in [3.63, 3.8) is 0 Å². The predicted molar refractivity (Wildman–Crippen MR) is 82.3 cm³/mol. The number of aromatic nitrogens is 2. The van der Waals surface area contributed by atoms with Crippen LogP contribution in [0.5, 0.6) is 0 Å². The van der Waals surface area contributed by atoms with E-state index in [1.165, 1.54) is 12.8 Å². The molecule has 1 saturated carbocycles. The molecule has 0 spiro atoms. The minimum atomic E-state index is 0.0138. The average molecular weight is 297 g/mol. The first kappa shape index (κ1) is 13.5. The van der Waals surface area contributed by atoms with Crippen molar-refractivity contribution in [1.82, 2.24) is 14.7 Å². The van der Waals surface area contributed by atoms with Crippen molar-refractivity contribution in [2.75, 3.05) is 26.3 Å². The van der Waals surface area contributed by atoms with Gasteiger partial charge >= 0.3 is 0 Å². The zero-order valence-electron chi connectivity index (χ0n) is 12.4. The molecule has 4 rings (SSSR count). The fourth-order valence-corrected chi connectivity index (χ4v) is 2.87. The van der Waals surface area contributed by atoms with E-state index in [1.807, 2.05) is 46.0 Å². The van der Waals surface area contributed by atoms with Gasteiger partial charge in [0.25, 0.3) is 5.91 Å². The van der Waals surface area contributed by atoms with Gasteiger partial charge in [-0.2, -0.15) is 5.10 Å². The normalized spacial score (nSPS) is 18.5. The SMILES string of the molecule is O=C(c1cc(C2CC2)n(-c2ccccc2)n1)N1CCOCC1. The number of para-hydroxylation sites is 1. The highest BCUT2D eigenvalue weighted by molar-refractivity contribution is 5.92. The molecule has 1 aliphatic heterocycles. The first-order valence-electron chi connectivity index (χ1n) is 7.85. The number of carbonyl (C=O) groups excluding carboxylic acids is 1. The summed E-state index contributed by atoms with van der Waals surface area (Å²) >= 11 is 0. The molecule has 0 N–H and O–H groups in total. The van der Waals surface area contributed by atoms with Crippen LogP contribution in [-0.2, 0) is 4.74 Å². The minimum absolute atomic E-state index is 0.0138. The van der Waals surface area contributed by atoms with E-state index in [1.54, 1.807) is 0 Å². The quantitative estimate of drug-likeness (QED) is 0.873. The number of benzene rings is 1. The number of ether oxygens (including phenoxy) is 1. The third-order valence-electron chi connectivity index (χ3n) is 4.25. The molecule has 114 valence electrons. The molecule has 1 amide bonds. The van der Waals surface area contributed by atoms with Gasteiger partial charge in [0.1, 0.15) is 0 Å². The molecule has 1 aliphatic carbocycles. The molecule has 2 heterocycles. The molecular formula is C17H19N3O2. The van der Waals surface area contributed by atoms with E-state index in [9.17, 15) is 4.79 Å². The van der Waals surface area contributed by atoms with Crippen molar-refractivity contribution in [3.8, 4) is 5.69 Å². The standard InChI is InChI=1S/C17H19N3O2/c21-17(19-8-10-22-11-9-19)15-12-16(13-6-7-13)20(18-15)14-4-2-1-3-5-14/h1-5,12-13H,6-11H2. The number of morpholine rings is 1. The van der Waals surface area contributed by atoms with Crippen LogP contribution in [0.4, 0.5) is 0 Å². The van der Waals surface area contributed by atoms with Gasteiger partial charge < -0.3 is 9.64 Å². The first-order chi connectivity index (χ1) is 10.8. The van der Waals surface area contributed by atoms with Crippen LogP contribution in [0.2, 0.25) is 0 Å². The molecule has 1 aromatic heterocycles. The maximum atomic E-state index is 12.6. The van der Waals surface area contributed by atoms with Gasteiger partial charge in [0, 0.05) is 24.7 Å². The van der Waals surface area contributed by atoms with E-state index < -0.39 is 0 Å². The number of hydrogen-bond acceptors (Lipinski definition) is 3. The molecule has 2 fully saturated rings. The van der Waals surface area contributed by atoms with Crippen LogP contribution in [-0.4, -0.2) is 46.9 Å². The molecule has 5 heteroatoms. The van der Waals surface area contributed by atoms with Crippen LogP contribution in [0, 0.1) is 0 Å². The Morgan fingerprint density at radius 1 is 1.14 bits per heavy atom. The largest absolute Gasteiger partial charge is 0.378 e. The molecule has 1 saturated heterocycles. The maximum absolute atomic E-state index is 12.6. The van der Waals surface area contributed by atoms with E-state index in [4.69, 9.17) is 4.74 Å². The monoisotopic (exact) mass is 297 g/mol. The topological polar surface area (TPSA) is 47.4 Å². The number of carbonyl (C=O) groups is 1. The van der Waals surface area contributed by atoms with Gasteiger partial charge in [0.15, 0.2) is 5.69 Å². The highest BCUT2D eigenvalue weighted by Crippen LogP contribution is 2.41. The Hall–Kier alpha value is -2.14. The highest BCUT2D eigenvalue weighted by Gasteiger charge is 2.31. The van der Waals surface area contributed by atoms with Crippen molar-refractivity contribution in [2.45, 2.75) is 18.8 Å². The number of hydrogen-bond donors (Lipinski definition) is 0. The second kappa shape index (κ2) is 5.57. The summed E-state index contributed by atoms with van der Waals surface area (Å²) in [5.74, 6) is 0.554. The molecule has 0 unspecified atom stereocenters. The van der Waals surface area contributed by atoms with Crippen LogP contribution in [0.3, 0.4) is 0 Å². The summed E-state index contributed by atoms with van der Waals surface area (Å²) in [5.41, 5.74) is 2.72. The predicted octanol–water partition coefficient (Wildman–Crippen LogP) is 2.22. The summed E-state index contributed by atoms with van der Waals surface area (Å²) in [6.45, 7) is 2.52. The fourth-order valence-electron chi connectivity index (χ4n) is 2.87. The lowest BCUT2D eigenvalue weighted by atomic mass is 10.2. The molecule has 0 atom stereocenters. The molecule has 0 radical (unpaired) electrons. The Balaban J connectivity index is 1.67. The summed E-state index contributed by atoms with van der Waals surface area (Å²) in [5, 5.41) is 4.60. The second-order valence-corrected chi connectivity index (χ2v) is 5.88. The van der Waals surface area contributed by atoms with Gasteiger partial charge in [0.2, 0.25) is 0 Å². The smallest absolute Gasteiger partial charge is 0.274 e. The van der Waals surface area contributed by atoms with Gasteiger partial charge in [-0.25, -0.2) is 4.68 Å². The van der Waals surface area contributed by atoms with E-state index in [0.717, 1.165) is 11.4 Å². The highest BCUT2D eigenvalue weighted by atomic mass is 16.5.